The molecule has 0 amide bonds. The van der Waals surface area contributed by atoms with Crippen LogP contribution < -0.4 is 5.73 Å². The Bertz CT molecular complexity index is 372. The second-order valence-electron chi connectivity index (χ2n) is 4.80. The lowest BCUT2D eigenvalue weighted by Gasteiger charge is -2.27. The van der Waals surface area contributed by atoms with Gasteiger partial charge in [0.1, 0.15) is 5.82 Å². The van der Waals surface area contributed by atoms with Crippen LogP contribution in [0.4, 0.5) is 4.39 Å². The highest BCUT2D eigenvalue weighted by atomic mass is 35.5. The van der Waals surface area contributed by atoms with Crippen molar-refractivity contribution in [2.45, 2.75) is 32.1 Å². The van der Waals surface area contributed by atoms with Crippen molar-refractivity contribution < 1.29 is 4.39 Å². The monoisotopic (exact) mass is 241 g/mol. The molecule has 0 radical (unpaired) electrons. The summed E-state index contributed by atoms with van der Waals surface area (Å²) in [6.07, 6.45) is 5.53. The van der Waals surface area contributed by atoms with Gasteiger partial charge in [0.15, 0.2) is 0 Å². The Morgan fingerprint density at radius 1 is 1.31 bits per heavy atom. The van der Waals surface area contributed by atoms with Gasteiger partial charge in [-0.25, -0.2) is 4.39 Å². The number of nitrogens with two attached hydrogens (primary N) is 1. The average molecular weight is 242 g/mol. The first-order valence-corrected chi connectivity index (χ1v) is 6.18. The predicted molar refractivity (Wildman–Crippen MR) is 65.1 cm³/mol. The van der Waals surface area contributed by atoms with E-state index in [1.807, 2.05) is 6.07 Å². The molecule has 0 saturated heterocycles. The maximum Gasteiger partial charge on any atom is 0.142 e. The fourth-order valence-electron chi connectivity index (χ4n) is 2.67. The van der Waals surface area contributed by atoms with Crippen LogP contribution in [-0.4, -0.2) is 6.54 Å². The number of halogens is 2. The Kier molecular flexibility index (Phi) is 3.50. The van der Waals surface area contributed by atoms with Gasteiger partial charge >= 0.3 is 0 Å². The third-order valence-corrected chi connectivity index (χ3v) is 4.12. The summed E-state index contributed by atoms with van der Waals surface area (Å²) in [5.74, 6) is -0.329. The molecule has 2 N–H and O–H groups in total. The molecule has 0 aliphatic heterocycles. The van der Waals surface area contributed by atoms with E-state index in [-0.39, 0.29) is 16.3 Å². The van der Waals surface area contributed by atoms with Crippen LogP contribution in [0.5, 0.6) is 0 Å². The zero-order valence-electron chi connectivity index (χ0n) is 9.31. The molecule has 1 nitrogen and oxygen atoms in total. The summed E-state index contributed by atoms with van der Waals surface area (Å²) >= 11 is 5.97. The standard InChI is InChI=1S/C13H17ClFN/c14-12-10(4-3-5-11(12)15)8-13(9-16)6-1-2-7-13/h3-5H,1-2,6-9,16H2. The molecule has 1 aliphatic rings. The molecule has 1 aromatic carbocycles. The van der Waals surface area contributed by atoms with Crippen LogP contribution in [0, 0.1) is 11.2 Å². The Hall–Kier alpha value is -0.600. The second kappa shape index (κ2) is 4.72. The van der Waals surface area contributed by atoms with Crippen molar-refractivity contribution >= 4 is 11.6 Å². The van der Waals surface area contributed by atoms with E-state index in [1.54, 1.807) is 6.07 Å². The summed E-state index contributed by atoms with van der Waals surface area (Å²) in [6, 6.07) is 5.02. The summed E-state index contributed by atoms with van der Waals surface area (Å²) in [5, 5.41) is 0.266. The van der Waals surface area contributed by atoms with Crippen LogP contribution in [0.3, 0.4) is 0 Å². The van der Waals surface area contributed by atoms with Crippen molar-refractivity contribution in [2.24, 2.45) is 11.1 Å². The Morgan fingerprint density at radius 3 is 2.62 bits per heavy atom. The highest BCUT2D eigenvalue weighted by molar-refractivity contribution is 6.31. The fraction of sp³-hybridized carbons (Fsp3) is 0.538. The van der Waals surface area contributed by atoms with Crippen LogP contribution in [0.25, 0.3) is 0 Å². The minimum atomic E-state index is -0.329. The van der Waals surface area contributed by atoms with Crippen LogP contribution >= 0.6 is 11.6 Å². The smallest absolute Gasteiger partial charge is 0.142 e. The third-order valence-electron chi connectivity index (χ3n) is 3.69. The van der Waals surface area contributed by atoms with Crippen LogP contribution in [0.2, 0.25) is 5.02 Å². The van der Waals surface area contributed by atoms with Gasteiger partial charge in [0.25, 0.3) is 0 Å². The molecule has 0 heterocycles. The first-order chi connectivity index (χ1) is 7.67. The van der Waals surface area contributed by atoms with E-state index < -0.39 is 0 Å². The summed E-state index contributed by atoms with van der Waals surface area (Å²) in [5.41, 5.74) is 6.92. The minimum Gasteiger partial charge on any atom is -0.330 e. The van der Waals surface area contributed by atoms with E-state index in [9.17, 15) is 4.39 Å². The molecule has 0 spiro atoms. The largest absolute Gasteiger partial charge is 0.330 e. The zero-order chi connectivity index (χ0) is 11.6. The molecule has 3 heteroatoms. The van der Waals surface area contributed by atoms with Gasteiger partial charge in [-0.2, -0.15) is 0 Å². The van der Waals surface area contributed by atoms with Gasteiger partial charge in [0.05, 0.1) is 5.02 Å². The quantitative estimate of drug-likeness (QED) is 0.861. The molecule has 88 valence electrons. The normalized spacial score (nSPS) is 18.9. The number of hydrogen-bond donors (Lipinski definition) is 1. The van der Waals surface area contributed by atoms with Gasteiger partial charge in [-0.15, -0.1) is 0 Å². The average Bonchev–Trinajstić information content (AvgIpc) is 2.74. The van der Waals surface area contributed by atoms with Crippen molar-refractivity contribution in [1.82, 2.24) is 0 Å². The molecule has 0 atom stereocenters. The molecular formula is C13H17ClFN. The molecule has 0 bridgehead atoms. The lowest BCUT2D eigenvalue weighted by molar-refractivity contribution is 0.306. The van der Waals surface area contributed by atoms with Gasteiger partial charge < -0.3 is 5.73 Å². The predicted octanol–water partition coefficient (Wildman–Crippen LogP) is 3.54. The van der Waals surface area contributed by atoms with E-state index in [0.29, 0.717) is 6.54 Å². The van der Waals surface area contributed by atoms with Crippen LogP contribution in [0.1, 0.15) is 31.2 Å². The first-order valence-electron chi connectivity index (χ1n) is 5.80. The van der Waals surface area contributed by atoms with Gasteiger partial charge in [-0.05, 0) is 42.9 Å². The van der Waals surface area contributed by atoms with Crippen LogP contribution in [0.15, 0.2) is 18.2 Å². The van der Waals surface area contributed by atoms with E-state index >= 15 is 0 Å². The minimum absolute atomic E-state index is 0.150. The Labute approximate surface area is 101 Å². The molecule has 2 rings (SSSR count). The van der Waals surface area contributed by atoms with Crippen molar-refractivity contribution in [1.29, 1.82) is 0 Å². The topological polar surface area (TPSA) is 26.0 Å². The maximum absolute atomic E-state index is 13.3. The SMILES string of the molecule is NCC1(Cc2cccc(F)c2Cl)CCCC1. The summed E-state index contributed by atoms with van der Waals surface area (Å²) < 4.78 is 13.3. The van der Waals surface area contributed by atoms with E-state index in [0.717, 1.165) is 24.8 Å². The van der Waals surface area contributed by atoms with Crippen molar-refractivity contribution in [3.8, 4) is 0 Å². The summed E-state index contributed by atoms with van der Waals surface area (Å²) in [7, 11) is 0. The van der Waals surface area contributed by atoms with Gasteiger partial charge in [-0.3, -0.25) is 0 Å². The lowest BCUT2D eigenvalue weighted by Crippen LogP contribution is -2.29. The lowest BCUT2D eigenvalue weighted by atomic mass is 9.80. The fourth-order valence-corrected chi connectivity index (χ4v) is 2.86. The molecular weight excluding hydrogens is 225 g/mol. The molecule has 0 aromatic heterocycles. The molecule has 1 fully saturated rings. The van der Waals surface area contributed by atoms with Crippen molar-refractivity contribution in [2.75, 3.05) is 6.54 Å². The molecule has 1 aromatic rings. The Morgan fingerprint density at radius 2 is 2.00 bits per heavy atom. The third kappa shape index (κ3) is 2.23. The highest BCUT2D eigenvalue weighted by Crippen LogP contribution is 2.41. The zero-order valence-corrected chi connectivity index (χ0v) is 10.1. The molecule has 16 heavy (non-hydrogen) atoms. The second-order valence-corrected chi connectivity index (χ2v) is 5.18. The van der Waals surface area contributed by atoms with E-state index in [1.165, 1.54) is 18.9 Å². The van der Waals surface area contributed by atoms with Crippen LogP contribution in [-0.2, 0) is 6.42 Å². The number of benzene rings is 1. The van der Waals surface area contributed by atoms with Gasteiger partial charge in [0.2, 0.25) is 0 Å². The number of hydrogen-bond acceptors (Lipinski definition) is 1. The van der Waals surface area contributed by atoms with E-state index in [4.69, 9.17) is 17.3 Å². The van der Waals surface area contributed by atoms with Gasteiger partial charge in [-0.1, -0.05) is 36.6 Å². The molecule has 1 aliphatic carbocycles. The maximum atomic E-state index is 13.3. The Balaban J connectivity index is 2.22. The summed E-state index contributed by atoms with van der Waals surface area (Å²) in [6.45, 7) is 0.667. The van der Waals surface area contributed by atoms with Crippen molar-refractivity contribution in [3.63, 3.8) is 0 Å². The number of rotatable bonds is 3. The molecule has 0 unspecified atom stereocenters. The van der Waals surface area contributed by atoms with Crippen molar-refractivity contribution in [3.05, 3.63) is 34.6 Å². The van der Waals surface area contributed by atoms with Gasteiger partial charge in [0, 0.05) is 0 Å². The summed E-state index contributed by atoms with van der Waals surface area (Å²) in [4.78, 5) is 0. The molecule has 1 saturated carbocycles. The first kappa shape index (κ1) is 11.9. The highest BCUT2D eigenvalue weighted by Gasteiger charge is 2.33. The van der Waals surface area contributed by atoms with E-state index in [2.05, 4.69) is 0 Å².